The third kappa shape index (κ3) is 2.20. The summed E-state index contributed by atoms with van der Waals surface area (Å²) in [7, 11) is 1.90. The van der Waals surface area contributed by atoms with Crippen LogP contribution in [0.1, 0.15) is 17.0 Å². The molecule has 124 valence electrons. The van der Waals surface area contributed by atoms with Crippen LogP contribution in [0.4, 0.5) is 8.78 Å². The molecule has 25 heavy (non-hydrogen) atoms. The second kappa shape index (κ2) is 5.42. The summed E-state index contributed by atoms with van der Waals surface area (Å²) in [5.74, 6) is -3.13. The van der Waals surface area contributed by atoms with Gasteiger partial charge in [0.25, 0.3) is 0 Å². The van der Waals surface area contributed by atoms with E-state index in [1.807, 2.05) is 36.0 Å². The highest BCUT2D eigenvalue weighted by atomic mass is 19.2. The van der Waals surface area contributed by atoms with E-state index >= 15 is 0 Å². The summed E-state index contributed by atoms with van der Waals surface area (Å²) < 4.78 is 34.6. The van der Waals surface area contributed by atoms with Gasteiger partial charge in [0, 0.05) is 30.1 Å². The Morgan fingerprint density at radius 2 is 1.96 bits per heavy atom. The zero-order chi connectivity index (χ0) is 17.7. The van der Waals surface area contributed by atoms with E-state index in [2.05, 4.69) is 6.07 Å². The van der Waals surface area contributed by atoms with Crippen LogP contribution in [0.15, 0.2) is 42.6 Å². The highest BCUT2D eigenvalue weighted by molar-refractivity contribution is 5.94. The molecule has 1 aliphatic heterocycles. The fourth-order valence-electron chi connectivity index (χ4n) is 3.42. The standard InChI is InChI=1S/C19H13F2N3O/c1-24-7-6-11-16(24)5-3-12-17(10-2-4-14(20)15(21)8-10)13(9-22)19(23)25-18(11)12/h2-8,13,17,23H,1H3. The first kappa shape index (κ1) is 15.3. The highest BCUT2D eigenvalue weighted by Crippen LogP contribution is 2.45. The number of fused-ring (bicyclic) bond motifs is 3. The van der Waals surface area contributed by atoms with Crippen molar-refractivity contribution in [2.24, 2.45) is 13.0 Å². The summed E-state index contributed by atoms with van der Waals surface area (Å²) >= 11 is 0. The van der Waals surface area contributed by atoms with Crippen LogP contribution in [-0.4, -0.2) is 10.5 Å². The number of nitrogens with zero attached hydrogens (tertiary/aromatic N) is 2. The maximum absolute atomic E-state index is 13.7. The number of halogens is 2. The first-order valence-electron chi connectivity index (χ1n) is 7.70. The summed E-state index contributed by atoms with van der Waals surface area (Å²) in [4.78, 5) is 0. The minimum Gasteiger partial charge on any atom is -0.441 e. The smallest absolute Gasteiger partial charge is 0.205 e. The largest absolute Gasteiger partial charge is 0.441 e. The molecular weight excluding hydrogens is 324 g/mol. The van der Waals surface area contributed by atoms with Crippen molar-refractivity contribution < 1.29 is 13.5 Å². The normalized spacial score (nSPS) is 19.4. The molecular formula is C19H13F2N3O. The van der Waals surface area contributed by atoms with Gasteiger partial charge >= 0.3 is 0 Å². The number of aryl methyl sites for hydroxylation is 1. The van der Waals surface area contributed by atoms with E-state index in [0.717, 1.165) is 23.0 Å². The number of benzene rings is 2. The minimum atomic E-state index is -0.977. The number of rotatable bonds is 1. The number of ether oxygens (including phenoxy) is 1. The van der Waals surface area contributed by atoms with Crippen LogP contribution in [0.5, 0.6) is 5.75 Å². The van der Waals surface area contributed by atoms with Crippen LogP contribution in [0.3, 0.4) is 0 Å². The summed E-state index contributed by atoms with van der Waals surface area (Å²) in [6, 6.07) is 11.2. The molecule has 0 amide bonds. The molecule has 1 aliphatic rings. The van der Waals surface area contributed by atoms with E-state index < -0.39 is 23.5 Å². The number of nitrogens with one attached hydrogen (secondary N) is 1. The highest BCUT2D eigenvalue weighted by Gasteiger charge is 2.38. The van der Waals surface area contributed by atoms with Crippen molar-refractivity contribution in [3.05, 3.63) is 65.4 Å². The molecule has 2 aromatic carbocycles. The number of nitriles is 1. The molecule has 0 fully saturated rings. The van der Waals surface area contributed by atoms with Gasteiger partial charge < -0.3 is 9.30 Å². The zero-order valence-electron chi connectivity index (χ0n) is 13.3. The number of hydrogen-bond acceptors (Lipinski definition) is 3. The molecule has 4 nitrogen and oxygen atoms in total. The Kier molecular flexibility index (Phi) is 3.32. The average molecular weight is 337 g/mol. The molecule has 6 heteroatoms. The monoisotopic (exact) mass is 337 g/mol. The van der Waals surface area contributed by atoms with Crippen molar-refractivity contribution in [3.8, 4) is 11.8 Å². The lowest BCUT2D eigenvalue weighted by Crippen LogP contribution is -2.31. The fourth-order valence-corrected chi connectivity index (χ4v) is 3.42. The quantitative estimate of drug-likeness (QED) is 0.727. The second-order valence-electron chi connectivity index (χ2n) is 6.07. The molecule has 2 unspecified atom stereocenters. The van der Waals surface area contributed by atoms with Gasteiger partial charge in [0.2, 0.25) is 5.90 Å². The summed E-state index contributed by atoms with van der Waals surface area (Å²) in [5, 5.41) is 18.4. The maximum atomic E-state index is 13.7. The Labute approximate surface area is 142 Å². The number of aromatic nitrogens is 1. The third-order valence-corrected chi connectivity index (χ3v) is 4.65. The predicted octanol–water partition coefficient (Wildman–Crippen LogP) is 4.10. The van der Waals surface area contributed by atoms with Crippen LogP contribution in [0.25, 0.3) is 10.9 Å². The van der Waals surface area contributed by atoms with Crippen molar-refractivity contribution in [1.82, 2.24) is 4.57 Å². The van der Waals surface area contributed by atoms with E-state index in [9.17, 15) is 14.0 Å². The van der Waals surface area contributed by atoms with Crippen molar-refractivity contribution in [2.75, 3.05) is 0 Å². The van der Waals surface area contributed by atoms with Crippen molar-refractivity contribution in [1.29, 1.82) is 10.7 Å². The maximum Gasteiger partial charge on any atom is 0.205 e. The summed E-state index contributed by atoms with van der Waals surface area (Å²) in [6.45, 7) is 0. The lowest BCUT2D eigenvalue weighted by molar-refractivity contribution is 0.452. The van der Waals surface area contributed by atoms with E-state index in [1.54, 1.807) is 0 Å². The minimum absolute atomic E-state index is 0.193. The Balaban J connectivity index is 1.99. The van der Waals surface area contributed by atoms with Gasteiger partial charge in [-0.05, 0) is 29.8 Å². The van der Waals surface area contributed by atoms with Gasteiger partial charge in [0.05, 0.1) is 11.6 Å². The number of hydrogen-bond donors (Lipinski definition) is 1. The molecule has 0 saturated carbocycles. The summed E-state index contributed by atoms with van der Waals surface area (Å²) in [5.41, 5.74) is 2.05. The third-order valence-electron chi connectivity index (χ3n) is 4.65. The van der Waals surface area contributed by atoms with Crippen LogP contribution in [0.2, 0.25) is 0 Å². The Morgan fingerprint density at radius 1 is 1.16 bits per heavy atom. The molecule has 1 aromatic heterocycles. The lowest BCUT2D eigenvalue weighted by Gasteiger charge is -2.30. The Bertz CT molecular complexity index is 1060. The molecule has 4 rings (SSSR count). The molecule has 0 saturated heterocycles. The van der Waals surface area contributed by atoms with Gasteiger partial charge in [-0.1, -0.05) is 12.1 Å². The van der Waals surface area contributed by atoms with Crippen molar-refractivity contribution in [2.45, 2.75) is 5.92 Å². The van der Waals surface area contributed by atoms with E-state index in [4.69, 9.17) is 10.1 Å². The second-order valence-corrected chi connectivity index (χ2v) is 6.07. The molecule has 2 heterocycles. The first-order chi connectivity index (χ1) is 12.0. The van der Waals surface area contributed by atoms with Gasteiger partial charge in [-0.15, -0.1) is 0 Å². The van der Waals surface area contributed by atoms with Crippen LogP contribution < -0.4 is 4.74 Å². The molecule has 1 N–H and O–H groups in total. The van der Waals surface area contributed by atoms with Gasteiger partial charge in [-0.3, -0.25) is 5.41 Å². The van der Waals surface area contributed by atoms with E-state index in [1.165, 1.54) is 6.07 Å². The topological polar surface area (TPSA) is 61.8 Å². The molecule has 0 aliphatic carbocycles. The molecule has 0 radical (unpaired) electrons. The van der Waals surface area contributed by atoms with Gasteiger partial charge in [-0.25, -0.2) is 8.78 Å². The van der Waals surface area contributed by atoms with Crippen LogP contribution in [0, 0.1) is 34.3 Å². The first-order valence-corrected chi connectivity index (χ1v) is 7.70. The molecule has 0 bridgehead atoms. The zero-order valence-corrected chi connectivity index (χ0v) is 13.3. The average Bonchev–Trinajstić information content (AvgIpc) is 2.98. The van der Waals surface area contributed by atoms with E-state index in [0.29, 0.717) is 16.9 Å². The van der Waals surface area contributed by atoms with Gasteiger partial charge in [-0.2, -0.15) is 5.26 Å². The fraction of sp³-hybridized carbons (Fsp3) is 0.158. The van der Waals surface area contributed by atoms with Crippen molar-refractivity contribution >= 4 is 16.8 Å². The SMILES string of the molecule is Cn1ccc2c3c(ccc21)C(c1ccc(F)c(F)c1)C(C#N)C(=N)O3. The molecule has 3 aromatic rings. The van der Waals surface area contributed by atoms with Gasteiger partial charge in [0.1, 0.15) is 11.7 Å². The Morgan fingerprint density at radius 3 is 2.68 bits per heavy atom. The predicted molar refractivity (Wildman–Crippen MR) is 88.6 cm³/mol. The van der Waals surface area contributed by atoms with E-state index in [-0.39, 0.29) is 5.90 Å². The van der Waals surface area contributed by atoms with Crippen molar-refractivity contribution in [3.63, 3.8) is 0 Å². The Hall–Kier alpha value is -3.20. The summed E-state index contributed by atoms with van der Waals surface area (Å²) in [6.07, 6.45) is 1.88. The van der Waals surface area contributed by atoms with Gasteiger partial charge in [0.15, 0.2) is 11.6 Å². The van der Waals surface area contributed by atoms with Crippen LogP contribution >= 0.6 is 0 Å². The van der Waals surface area contributed by atoms with Crippen LogP contribution in [-0.2, 0) is 7.05 Å². The lowest BCUT2D eigenvalue weighted by atomic mass is 9.78. The molecule has 0 spiro atoms. The molecule has 2 atom stereocenters.